The molecule has 1 aromatic heterocycles. The van der Waals surface area contributed by atoms with Crippen molar-refractivity contribution in [3.05, 3.63) is 40.3 Å². The monoisotopic (exact) mass is 149 g/mol. The highest BCUT2D eigenvalue weighted by atomic mass is 16.3. The van der Waals surface area contributed by atoms with Gasteiger partial charge in [0, 0.05) is 10.6 Å². The Morgan fingerprint density at radius 2 is 2.64 bits per heavy atom. The molecule has 0 amide bonds. The van der Waals surface area contributed by atoms with Crippen molar-refractivity contribution in [1.29, 1.82) is 0 Å². The predicted molar refractivity (Wildman–Crippen MR) is 41.5 cm³/mol. The van der Waals surface area contributed by atoms with E-state index in [1.165, 1.54) is 0 Å². The number of nitrogens with zero attached hydrogens (tertiary/aromatic N) is 3. The Hall–Kier alpha value is -1.67. The van der Waals surface area contributed by atoms with Gasteiger partial charge in [-0.2, -0.15) is 0 Å². The van der Waals surface area contributed by atoms with E-state index in [0.717, 1.165) is 0 Å². The highest BCUT2D eigenvalue weighted by Gasteiger charge is 1.88. The molecule has 0 fully saturated rings. The van der Waals surface area contributed by atoms with Crippen LogP contribution in [0.15, 0.2) is 33.6 Å². The van der Waals surface area contributed by atoms with Crippen LogP contribution in [-0.2, 0) is 0 Å². The first-order valence-corrected chi connectivity index (χ1v) is 3.10. The van der Waals surface area contributed by atoms with E-state index in [1.54, 1.807) is 31.4 Å². The molecule has 0 saturated heterocycles. The van der Waals surface area contributed by atoms with Gasteiger partial charge in [-0.25, -0.2) is 0 Å². The lowest BCUT2D eigenvalue weighted by atomic mass is 10.4. The molecule has 1 rings (SSSR count). The molecule has 0 atom stereocenters. The summed E-state index contributed by atoms with van der Waals surface area (Å²) in [7, 11) is 0. The molecule has 4 nitrogen and oxygen atoms in total. The van der Waals surface area contributed by atoms with Crippen LogP contribution in [-0.4, -0.2) is 0 Å². The lowest BCUT2D eigenvalue weighted by molar-refractivity contribution is 0.556. The second-order valence-electron chi connectivity index (χ2n) is 1.99. The van der Waals surface area contributed by atoms with E-state index < -0.39 is 0 Å². The van der Waals surface area contributed by atoms with Crippen LogP contribution in [0.4, 0.5) is 0 Å². The predicted octanol–water partition coefficient (Wildman–Crippen LogP) is 2.95. The molecule has 0 spiro atoms. The van der Waals surface area contributed by atoms with Gasteiger partial charge < -0.3 is 4.42 Å². The summed E-state index contributed by atoms with van der Waals surface area (Å²) >= 11 is 0. The lowest BCUT2D eigenvalue weighted by Crippen LogP contribution is -1.65. The first-order valence-electron chi connectivity index (χ1n) is 3.10. The van der Waals surface area contributed by atoms with E-state index in [1.807, 2.05) is 0 Å². The number of furan rings is 1. The van der Waals surface area contributed by atoms with Crippen LogP contribution >= 0.6 is 0 Å². The topological polar surface area (TPSA) is 61.9 Å². The summed E-state index contributed by atoms with van der Waals surface area (Å²) in [6, 6.07) is 3.56. The van der Waals surface area contributed by atoms with Crippen LogP contribution < -0.4 is 0 Å². The molecule has 11 heavy (non-hydrogen) atoms. The van der Waals surface area contributed by atoms with Crippen molar-refractivity contribution in [2.75, 3.05) is 0 Å². The van der Waals surface area contributed by atoms with Crippen molar-refractivity contribution in [2.45, 2.75) is 6.92 Å². The van der Waals surface area contributed by atoms with Crippen molar-refractivity contribution in [2.24, 2.45) is 5.11 Å². The molecular weight excluding hydrogens is 142 g/mol. The SMILES string of the molecule is C/C(=C/c1ccco1)N=[N+]=[N-]. The maximum Gasteiger partial charge on any atom is 0.126 e. The van der Waals surface area contributed by atoms with Crippen LogP contribution in [0.2, 0.25) is 0 Å². The zero-order chi connectivity index (χ0) is 8.10. The zero-order valence-electron chi connectivity index (χ0n) is 6.06. The highest BCUT2D eigenvalue weighted by molar-refractivity contribution is 5.45. The van der Waals surface area contributed by atoms with Gasteiger partial charge in [-0.15, -0.1) is 0 Å². The van der Waals surface area contributed by atoms with Gasteiger partial charge >= 0.3 is 0 Å². The quantitative estimate of drug-likeness (QED) is 0.362. The van der Waals surface area contributed by atoms with E-state index in [4.69, 9.17) is 9.95 Å². The first kappa shape index (κ1) is 7.44. The number of azide groups is 1. The molecule has 1 aromatic rings. The molecular formula is C7H7N3O. The average molecular weight is 149 g/mol. The van der Waals surface area contributed by atoms with Crippen molar-refractivity contribution >= 4 is 6.08 Å². The van der Waals surface area contributed by atoms with Gasteiger partial charge in [-0.1, -0.05) is 5.11 Å². The molecule has 0 aromatic carbocycles. The lowest BCUT2D eigenvalue weighted by Gasteiger charge is -1.85. The Kier molecular flexibility index (Phi) is 2.36. The summed E-state index contributed by atoms with van der Waals surface area (Å²) in [6.07, 6.45) is 3.23. The molecule has 0 radical (unpaired) electrons. The third-order valence-corrected chi connectivity index (χ3v) is 1.10. The minimum absolute atomic E-state index is 0.586. The summed E-state index contributed by atoms with van der Waals surface area (Å²) in [4.78, 5) is 2.63. The number of hydrogen-bond donors (Lipinski definition) is 0. The van der Waals surface area contributed by atoms with Gasteiger partial charge in [0.05, 0.1) is 6.26 Å². The molecule has 0 aliphatic rings. The molecule has 0 unspecified atom stereocenters. The van der Waals surface area contributed by atoms with E-state index in [9.17, 15) is 0 Å². The van der Waals surface area contributed by atoms with E-state index in [2.05, 4.69) is 10.0 Å². The van der Waals surface area contributed by atoms with Crippen molar-refractivity contribution in [1.82, 2.24) is 0 Å². The standard InChI is InChI=1S/C7H7N3O/c1-6(9-10-8)5-7-3-2-4-11-7/h2-5H,1H3/b6-5-. The number of allylic oxidation sites excluding steroid dienone is 1. The Bertz CT molecular complexity index is 293. The van der Waals surface area contributed by atoms with Crippen molar-refractivity contribution in [3.8, 4) is 0 Å². The Labute approximate surface area is 63.8 Å². The second-order valence-corrected chi connectivity index (χ2v) is 1.99. The van der Waals surface area contributed by atoms with Gasteiger partial charge in [-0.05, 0) is 30.7 Å². The number of rotatable bonds is 2. The fourth-order valence-corrected chi connectivity index (χ4v) is 0.679. The summed E-state index contributed by atoms with van der Waals surface area (Å²) in [5.74, 6) is 0.690. The summed E-state index contributed by atoms with van der Waals surface area (Å²) < 4.78 is 4.99. The van der Waals surface area contributed by atoms with Crippen LogP contribution in [0, 0.1) is 0 Å². The maximum atomic E-state index is 8.05. The molecule has 0 aliphatic carbocycles. The minimum atomic E-state index is 0.586. The van der Waals surface area contributed by atoms with Crippen LogP contribution in [0.1, 0.15) is 12.7 Å². The normalized spacial score (nSPS) is 10.8. The fourth-order valence-electron chi connectivity index (χ4n) is 0.679. The van der Waals surface area contributed by atoms with Crippen molar-refractivity contribution < 1.29 is 4.42 Å². The average Bonchev–Trinajstić information content (AvgIpc) is 2.40. The molecule has 0 aliphatic heterocycles. The third kappa shape index (κ3) is 2.20. The first-order chi connectivity index (χ1) is 5.33. The highest BCUT2D eigenvalue weighted by Crippen LogP contribution is 2.07. The molecule has 56 valence electrons. The largest absolute Gasteiger partial charge is 0.465 e. The van der Waals surface area contributed by atoms with E-state index >= 15 is 0 Å². The van der Waals surface area contributed by atoms with E-state index in [-0.39, 0.29) is 0 Å². The summed E-state index contributed by atoms with van der Waals surface area (Å²) in [6.45, 7) is 1.71. The minimum Gasteiger partial charge on any atom is -0.465 e. The van der Waals surface area contributed by atoms with Gasteiger partial charge in [0.1, 0.15) is 5.76 Å². The molecule has 0 N–H and O–H groups in total. The Morgan fingerprint density at radius 1 is 1.82 bits per heavy atom. The fraction of sp³-hybridized carbons (Fsp3) is 0.143. The number of hydrogen-bond acceptors (Lipinski definition) is 2. The summed E-state index contributed by atoms with van der Waals surface area (Å²) in [5, 5.41) is 3.38. The zero-order valence-corrected chi connectivity index (χ0v) is 6.06. The molecule has 0 bridgehead atoms. The van der Waals surface area contributed by atoms with Gasteiger partial charge in [0.2, 0.25) is 0 Å². The Morgan fingerprint density at radius 3 is 3.18 bits per heavy atom. The second kappa shape index (κ2) is 3.49. The van der Waals surface area contributed by atoms with Gasteiger partial charge in [-0.3, -0.25) is 0 Å². The maximum absolute atomic E-state index is 8.05. The van der Waals surface area contributed by atoms with Crippen LogP contribution in [0.25, 0.3) is 16.5 Å². The molecule has 0 saturated carbocycles. The van der Waals surface area contributed by atoms with Crippen molar-refractivity contribution in [3.63, 3.8) is 0 Å². The van der Waals surface area contributed by atoms with Crippen LogP contribution in [0.3, 0.4) is 0 Å². The van der Waals surface area contributed by atoms with Crippen LogP contribution in [0.5, 0.6) is 0 Å². The summed E-state index contributed by atoms with van der Waals surface area (Å²) in [5.41, 5.74) is 8.64. The van der Waals surface area contributed by atoms with E-state index in [0.29, 0.717) is 11.5 Å². The Balaban J connectivity index is 2.81. The van der Waals surface area contributed by atoms with Gasteiger partial charge in [0.15, 0.2) is 0 Å². The third-order valence-electron chi connectivity index (χ3n) is 1.10. The molecule has 1 heterocycles. The molecule has 4 heteroatoms. The van der Waals surface area contributed by atoms with Gasteiger partial charge in [0.25, 0.3) is 0 Å². The smallest absolute Gasteiger partial charge is 0.126 e.